The van der Waals surface area contributed by atoms with E-state index in [4.69, 9.17) is 9.47 Å². The van der Waals surface area contributed by atoms with Crippen LogP contribution in [0.2, 0.25) is 0 Å². The average Bonchev–Trinajstić information content (AvgIpc) is 3.07. The van der Waals surface area contributed by atoms with Gasteiger partial charge in [0, 0.05) is 18.9 Å². The van der Waals surface area contributed by atoms with Crippen molar-refractivity contribution >= 4 is 43.8 Å². The van der Waals surface area contributed by atoms with Crippen molar-refractivity contribution < 1.29 is 14.3 Å². The standard InChI is InChI=1S/C20H17N3O3S2/c1-25-14-4-3-11(20(26-2)9-12(14)20)18(24)23-17-6-5-16(27-17)19-22-13-10-21-8-7-15(13)28-19/h3-8,10,12H,9H2,1-2H3,(H,23,24). The van der Waals surface area contributed by atoms with E-state index in [-0.39, 0.29) is 11.8 Å². The van der Waals surface area contributed by atoms with Crippen LogP contribution in [-0.2, 0) is 14.3 Å². The molecule has 0 aliphatic heterocycles. The number of carbonyl (C=O) groups is 1. The molecule has 8 heteroatoms. The first-order valence-electron chi connectivity index (χ1n) is 8.78. The number of thiazole rings is 1. The third-order valence-corrected chi connectivity index (χ3v) is 7.42. The zero-order valence-corrected chi connectivity index (χ0v) is 16.9. The smallest absolute Gasteiger partial charge is 0.255 e. The highest BCUT2D eigenvalue weighted by atomic mass is 32.1. The Morgan fingerprint density at radius 1 is 1.25 bits per heavy atom. The van der Waals surface area contributed by atoms with Gasteiger partial charge in [0.1, 0.15) is 21.9 Å². The van der Waals surface area contributed by atoms with Crippen LogP contribution in [0.3, 0.4) is 0 Å². The van der Waals surface area contributed by atoms with Crippen molar-refractivity contribution in [1.29, 1.82) is 0 Å². The molecule has 0 saturated heterocycles. The number of nitrogens with one attached hydrogen (secondary N) is 1. The maximum atomic E-state index is 12.9. The quantitative estimate of drug-likeness (QED) is 0.680. The number of amides is 1. The molecule has 3 heterocycles. The number of thiophene rings is 1. The first-order chi connectivity index (χ1) is 13.6. The number of allylic oxidation sites excluding steroid dienone is 2. The third kappa shape index (κ3) is 2.68. The van der Waals surface area contributed by atoms with Crippen molar-refractivity contribution in [1.82, 2.24) is 9.97 Å². The molecule has 3 aromatic rings. The van der Waals surface area contributed by atoms with Gasteiger partial charge in [-0.25, -0.2) is 4.98 Å². The van der Waals surface area contributed by atoms with Crippen LogP contribution in [0.15, 0.2) is 54.1 Å². The lowest BCUT2D eigenvalue weighted by Gasteiger charge is -2.22. The van der Waals surface area contributed by atoms with Crippen LogP contribution in [0.25, 0.3) is 20.1 Å². The molecular weight excluding hydrogens is 394 g/mol. The second-order valence-corrected chi connectivity index (χ2v) is 8.80. The van der Waals surface area contributed by atoms with Gasteiger partial charge in [-0.3, -0.25) is 9.78 Å². The summed E-state index contributed by atoms with van der Waals surface area (Å²) in [5.41, 5.74) is 0.961. The molecule has 1 N–H and O–H groups in total. The Morgan fingerprint density at radius 3 is 2.93 bits per heavy atom. The molecule has 1 saturated carbocycles. The Morgan fingerprint density at radius 2 is 2.14 bits per heavy atom. The summed E-state index contributed by atoms with van der Waals surface area (Å²) in [6.07, 6.45) is 7.95. The molecule has 2 unspecified atom stereocenters. The summed E-state index contributed by atoms with van der Waals surface area (Å²) in [7, 11) is 3.29. The topological polar surface area (TPSA) is 73.3 Å². The van der Waals surface area contributed by atoms with Gasteiger partial charge in [-0.1, -0.05) is 0 Å². The number of anilines is 1. The minimum Gasteiger partial charge on any atom is -0.501 e. The highest BCUT2D eigenvalue weighted by Crippen LogP contribution is 2.57. The van der Waals surface area contributed by atoms with Gasteiger partial charge in [-0.15, -0.1) is 22.7 Å². The summed E-state index contributed by atoms with van der Waals surface area (Å²) < 4.78 is 12.2. The first-order valence-corrected chi connectivity index (χ1v) is 10.4. The number of ether oxygens (including phenoxy) is 2. The molecule has 0 aromatic carbocycles. The second kappa shape index (κ2) is 6.51. The van der Waals surface area contributed by atoms with Crippen molar-refractivity contribution in [2.75, 3.05) is 19.5 Å². The highest BCUT2D eigenvalue weighted by molar-refractivity contribution is 7.26. The summed E-state index contributed by atoms with van der Waals surface area (Å²) in [6.45, 7) is 0. The summed E-state index contributed by atoms with van der Waals surface area (Å²) in [5, 5.41) is 4.72. The summed E-state index contributed by atoms with van der Waals surface area (Å²) in [4.78, 5) is 22.7. The summed E-state index contributed by atoms with van der Waals surface area (Å²) in [5.74, 6) is 0.836. The van der Waals surface area contributed by atoms with Gasteiger partial charge in [-0.05, 0) is 36.8 Å². The van der Waals surface area contributed by atoms with E-state index in [1.54, 1.807) is 44.0 Å². The van der Waals surface area contributed by atoms with Crippen LogP contribution >= 0.6 is 22.7 Å². The molecule has 0 spiro atoms. The van der Waals surface area contributed by atoms with Crippen molar-refractivity contribution in [3.05, 3.63) is 54.1 Å². The molecule has 0 bridgehead atoms. The van der Waals surface area contributed by atoms with Gasteiger partial charge < -0.3 is 14.8 Å². The Kier molecular flexibility index (Phi) is 4.08. The zero-order chi connectivity index (χ0) is 19.3. The number of hydrogen-bond donors (Lipinski definition) is 1. The van der Waals surface area contributed by atoms with E-state index < -0.39 is 5.60 Å². The van der Waals surface area contributed by atoms with Crippen LogP contribution in [0, 0.1) is 5.92 Å². The minimum atomic E-state index is -0.565. The lowest BCUT2D eigenvalue weighted by molar-refractivity contribution is -0.114. The molecule has 28 heavy (non-hydrogen) atoms. The van der Waals surface area contributed by atoms with E-state index in [2.05, 4.69) is 15.3 Å². The molecule has 2 atom stereocenters. The van der Waals surface area contributed by atoms with Gasteiger partial charge in [0.2, 0.25) is 0 Å². The third-order valence-electron chi connectivity index (χ3n) is 5.21. The van der Waals surface area contributed by atoms with E-state index in [0.29, 0.717) is 5.57 Å². The van der Waals surface area contributed by atoms with Crippen LogP contribution in [-0.4, -0.2) is 35.7 Å². The minimum absolute atomic E-state index is 0.114. The SMILES string of the molecule is COC1=CC=C(C(=O)Nc2ccc(-c3nc4cnccc4s3)s2)C2(OC)CC12. The summed E-state index contributed by atoms with van der Waals surface area (Å²) >= 11 is 3.12. The van der Waals surface area contributed by atoms with Crippen LogP contribution < -0.4 is 5.32 Å². The van der Waals surface area contributed by atoms with Crippen molar-refractivity contribution in [2.45, 2.75) is 12.0 Å². The Labute approximate surface area is 169 Å². The molecule has 0 radical (unpaired) electrons. The molecule has 2 aliphatic rings. The summed E-state index contributed by atoms with van der Waals surface area (Å²) in [6, 6.07) is 5.85. The first kappa shape index (κ1) is 17.5. The van der Waals surface area contributed by atoms with Gasteiger partial charge >= 0.3 is 0 Å². The molecule has 142 valence electrons. The molecule has 1 amide bonds. The lowest BCUT2D eigenvalue weighted by Crippen LogP contribution is -2.30. The molecule has 3 aromatic heterocycles. The zero-order valence-electron chi connectivity index (χ0n) is 15.3. The van der Waals surface area contributed by atoms with E-state index in [9.17, 15) is 4.79 Å². The number of nitrogens with zero attached hydrogens (tertiary/aromatic N) is 2. The number of methoxy groups -OCH3 is 2. The van der Waals surface area contributed by atoms with E-state index >= 15 is 0 Å². The maximum Gasteiger partial charge on any atom is 0.255 e. The monoisotopic (exact) mass is 411 g/mol. The number of fused-ring (bicyclic) bond motifs is 2. The van der Waals surface area contributed by atoms with Crippen LogP contribution in [0.1, 0.15) is 6.42 Å². The van der Waals surface area contributed by atoms with Crippen molar-refractivity contribution in [2.24, 2.45) is 5.92 Å². The fraction of sp³-hybridized carbons (Fsp3) is 0.250. The van der Waals surface area contributed by atoms with Crippen LogP contribution in [0.5, 0.6) is 0 Å². The second-order valence-electron chi connectivity index (χ2n) is 6.68. The predicted octanol–water partition coefficient (Wildman–Crippen LogP) is 4.23. The van der Waals surface area contributed by atoms with E-state index in [1.165, 1.54) is 11.3 Å². The number of rotatable bonds is 5. The maximum absolute atomic E-state index is 12.9. The average molecular weight is 412 g/mol. The lowest BCUT2D eigenvalue weighted by atomic mass is 9.99. The van der Waals surface area contributed by atoms with Crippen molar-refractivity contribution in [3.8, 4) is 9.88 Å². The normalized spacial score (nSPS) is 23.0. The van der Waals surface area contributed by atoms with Gasteiger partial charge in [0.15, 0.2) is 0 Å². The Hall–Kier alpha value is -2.55. The number of carbonyl (C=O) groups excluding carboxylic acids is 1. The number of aromatic nitrogens is 2. The Balaban J connectivity index is 1.38. The molecular formula is C20H17N3O3S2. The fourth-order valence-electron chi connectivity index (χ4n) is 3.69. The van der Waals surface area contributed by atoms with Gasteiger partial charge in [0.25, 0.3) is 5.91 Å². The molecule has 2 aliphatic carbocycles. The van der Waals surface area contributed by atoms with Gasteiger partial charge in [0.05, 0.1) is 33.8 Å². The van der Waals surface area contributed by atoms with Gasteiger partial charge in [-0.2, -0.15) is 0 Å². The number of pyridine rings is 1. The fourth-order valence-corrected chi connectivity index (χ4v) is 5.58. The molecule has 1 fully saturated rings. The largest absolute Gasteiger partial charge is 0.501 e. The number of hydrogen-bond acceptors (Lipinski definition) is 7. The van der Waals surface area contributed by atoms with E-state index in [0.717, 1.165) is 37.3 Å². The van der Waals surface area contributed by atoms with Crippen molar-refractivity contribution in [3.63, 3.8) is 0 Å². The highest BCUT2D eigenvalue weighted by Gasteiger charge is 2.63. The molecule has 5 rings (SSSR count). The van der Waals surface area contributed by atoms with Crippen LogP contribution in [0.4, 0.5) is 5.00 Å². The predicted molar refractivity (Wildman–Crippen MR) is 110 cm³/mol. The van der Waals surface area contributed by atoms with E-state index in [1.807, 2.05) is 24.3 Å². The molecule has 6 nitrogen and oxygen atoms in total. The Bertz CT molecular complexity index is 1110.